The van der Waals surface area contributed by atoms with Crippen LogP contribution in [0, 0.1) is 11.5 Å². The number of hydrogen-bond acceptors (Lipinski definition) is 3. The molecule has 3 nitrogen and oxygen atoms in total. The van der Waals surface area contributed by atoms with Crippen molar-refractivity contribution in [1.82, 2.24) is 9.97 Å². The molecule has 4 heteroatoms. The van der Waals surface area contributed by atoms with Crippen molar-refractivity contribution in [3.05, 3.63) is 53.6 Å². The van der Waals surface area contributed by atoms with E-state index in [1.165, 1.54) is 5.56 Å². The molecule has 2 rings (SSSR count). The minimum Gasteiger partial charge on any atom is -0.497 e. The minimum absolute atomic E-state index is 0.749. The second-order valence-corrected chi connectivity index (χ2v) is 10.7. The molecule has 0 fully saturated rings. The summed E-state index contributed by atoms with van der Waals surface area (Å²) < 4.78 is 5.16. The number of rotatable bonds is 3. The highest BCUT2D eigenvalue weighted by atomic mass is 28.3. The van der Waals surface area contributed by atoms with Gasteiger partial charge in [-0.05, 0) is 17.7 Å². The SMILES string of the molecule is COc1ccc(Cc2cncc(C#C[Si](C)(C)C)n2)cc1. The summed E-state index contributed by atoms with van der Waals surface area (Å²) in [5.41, 5.74) is 6.18. The molecule has 21 heavy (non-hydrogen) atoms. The van der Waals surface area contributed by atoms with Crippen LogP contribution in [0.1, 0.15) is 17.0 Å². The number of aromatic nitrogens is 2. The summed E-state index contributed by atoms with van der Waals surface area (Å²) in [6.07, 6.45) is 4.27. The third kappa shape index (κ3) is 5.05. The highest BCUT2D eigenvalue weighted by Gasteiger charge is 2.08. The van der Waals surface area contributed by atoms with Crippen LogP contribution < -0.4 is 4.74 Å². The van der Waals surface area contributed by atoms with Gasteiger partial charge in [0.2, 0.25) is 0 Å². The van der Waals surface area contributed by atoms with Crippen LogP contribution >= 0.6 is 0 Å². The number of ether oxygens (including phenoxy) is 1. The van der Waals surface area contributed by atoms with Gasteiger partial charge in [0, 0.05) is 12.6 Å². The van der Waals surface area contributed by atoms with Crippen molar-refractivity contribution in [3.63, 3.8) is 0 Å². The van der Waals surface area contributed by atoms with Crippen LogP contribution in [0.5, 0.6) is 5.75 Å². The first kappa shape index (κ1) is 15.3. The Labute approximate surface area is 127 Å². The van der Waals surface area contributed by atoms with Gasteiger partial charge in [-0.1, -0.05) is 37.7 Å². The molecule has 0 aliphatic rings. The standard InChI is InChI=1S/C17H20N2OSi/c1-20-17-7-5-14(6-8-17)11-16-13-18-12-15(19-16)9-10-21(2,3)4/h5-8,12-13H,11H2,1-4H3. The van der Waals surface area contributed by atoms with Crippen molar-refractivity contribution in [1.29, 1.82) is 0 Å². The van der Waals surface area contributed by atoms with E-state index >= 15 is 0 Å². The second kappa shape index (κ2) is 6.55. The Kier molecular flexibility index (Phi) is 4.76. The summed E-state index contributed by atoms with van der Waals surface area (Å²) in [4.78, 5) is 8.81. The normalized spacial score (nSPS) is 10.7. The van der Waals surface area contributed by atoms with E-state index in [4.69, 9.17) is 4.74 Å². The second-order valence-electron chi connectivity index (χ2n) is 5.92. The molecule has 0 unspecified atom stereocenters. The molecule has 1 heterocycles. The summed E-state index contributed by atoms with van der Waals surface area (Å²) in [6.45, 7) is 6.65. The van der Waals surface area contributed by atoms with Crippen LogP contribution in [-0.4, -0.2) is 25.2 Å². The molecule has 2 aromatic rings. The molecule has 0 bridgehead atoms. The van der Waals surface area contributed by atoms with E-state index < -0.39 is 8.07 Å². The fourth-order valence-electron chi connectivity index (χ4n) is 1.76. The van der Waals surface area contributed by atoms with Gasteiger partial charge in [0.05, 0.1) is 19.0 Å². The lowest BCUT2D eigenvalue weighted by Gasteiger charge is -2.04. The minimum atomic E-state index is -1.38. The molecule has 1 aromatic heterocycles. The van der Waals surface area contributed by atoms with Gasteiger partial charge in [0.1, 0.15) is 19.5 Å². The van der Waals surface area contributed by atoms with E-state index in [9.17, 15) is 0 Å². The fraction of sp³-hybridized carbons (Fsp3) is 0.294. The van der Waals surface area contributed by atoms with Gasteiger partial charge < -0.3 is 4.74 Å². The van der Waals surface area contributed by atoms with Gasteiger partial charge in [-0.3, -0.25) is 4.98 Å². The lowest BCUT2D eigenvalue weighted by molar-refractivity contribution is 0.414. The topological polar surface area (TPSA) is 35.0 Å². The summed E-state index contributed by atoms with van der Waals surface area (Å²) in [7, 11) is 0.283. The third-order valence-corrected chi connectivity index (χ3v) is 3.67. The molecule has 0 N–H and O–H groups in total. The number of methoxy groups -OCH3 is 1. The van der Waals surface area contributed by atoms with Crippen LogP contribution in [0.15, 0.2) is 36.7 Å². The van der Waals surface area contributed by atoms with E-state index in [0.717, 1.165) is 23.6 Å². The van der Waals surface area contributed by atoms with Crippen molar-refractivity contribution in [3.8, 4) is 17.2 Å². The van der Waals surface area contributed by atoms with E-state index in [1.807, 2.05) is 24.3 Å². The number of hydrogen-bond donors (Lipinski definition) is 0. The van der Waals surface area contributed by atoms with Crippen LogP contribution in [0.3, 0.4) is 0 Å². The van der Waals surface area contributed by atoms with Gasteiger partial charge in [-0.25, -0.2) is 4.98 Å². The largest absolute Gasteiger partial charge is 0.497 e. The zero-order valence-corrected chi connectivity index (χ0v) is 14.0. The van der Waals surface area contributed by atoms with Crippen molar-refractivity contribution in [2.45, 2.75) is 26.1 Å². The Morgan fingerprint density at radius 2 is 1.81 bits per heavy atom. The number of benzene rings is 1. The molecule has 0 saturated carbocycles. The predicted octanol–water partition coefficient (Wildman–Crippen LogP) is 3.30. The van der Waals surface area contributed by atoms with Gasteiger partial charge in [0.15, 0.2) is 0 Å². The Morgan fingerprint density at radius 1 is 1.10 bits per heavy atom. The van der Waals surface area contributed by atoms with Crippen molar-refractivity contribution >= 4 is 8.07 Å². The average Bonchev–Trinajstić information content (AvgIpc) is 2.46. The van der Waals surface area contributed by atoms with Gasteiger partial charge >= 0.3 is 0 Å². The maximum Gasteiger partial charge on any atom is 0.131 e. The predicted molar refractivity (Wildman–Crippen MR) is 88.1 cm³/mol. The molecule has 0 radical (unpaired) electrons. The summed E-state index contributed by atoms with van der Waals surface area (Å²) in [5.74, 6) is 4.01. The Balaban J connectivity index is 2.15. The molecule has 0 aliphatic heterocycles. The summed E-state index contributed by atoms with van der Waals surface area (Å²) in [6, 6.07) is 8.00. The molecule has 0 saturated heterocycles. The molecule has 0 aliphatic carbocycles. The summed E-state index contributed by atoms with van der Waals surface area (Å²) >= 11 is 0. The van der Waals surface area contributed by atoms with Crippen LogP contribution in [-0.2, 0) is 6.42 Å². The molecule has 0 amide bonds. The highest BCUT2D eigenvalue weighted by molar-refractivity contribution is 6.83. The lowest BCUT2D eigenvalue weighted by Crippen LogP contribution is -2.16. The first-order valence-electron chi connectivity index (χ1n) is 6.93. The quantitative estimate of drug-likeness (QED) is 0.644. The molecule has 1 aromatic carbocycles. The molecule has 0 atom stereocenters. The Morgan fingerprint density at radius 3 is 2.43 bits per heavy atom. The highest BCUT2D eigenvalue weighted by Crippen LogP contribution is 2.13. The van der Waals surface area contributed by atoms with Gasteiger partial charge in [-0.15, -0.1) is 5.54 Å². The maximum atomic E-state index is 5.16. The average molecular weight is 296 g/mol. The zero-order valence-electron chi connectivity index (χ0n) is 13.0. The van der Waals surface area contributed by atoms with Crippen molar-refractivity contribution in [2.75, 3.05) is 7.11 Å². The lowest BCUT2D eigenvalue weighted by atomic mass is 10.1. The van der Waals surface area contributed by atoms with Gasteiger partial charge in [-0.2, -0.15) is 0 Å². The van der Waals surface area contributed by atoms with Crippen LogP contribution in [0.4, 0.5) is 0 Å². The van der Waals surface area contributed by atoms with E-state index in [1.54, 1.807) is 19.5 Å². The van der Waals surface area contributed by atoms with E-state index in [0.29, 0.717) is 0 Å². The Hall–Kier alpha value is -2.12. The molecule has 0 spiro atoms. The first-order chi connectivity index (χ1) is 9.96. The van der Waals surface area contributed by atoms with Gasteiger partial charge in [0.25, 0.3) is 0 Å². The van der Waals surface area contributed by atoms with Crippen LogP contribution in [0.25, 0.3) is 0 Å². The fourth-order valence-corrected chi connectivity index (χ4v) is 2.26. The maximum absolute atomic E-state index is 5.16. The first-order valence-corrected chi connectivity index (χ1v) is 10.4. The van der Waals surface area contributed by atoms with Crippen molar-refractivity contribution < 1.29 is 4.74 Å². The van der Waals surface area contributed by atoms with Crippen molar-refractivity contribution in [2.24, 2.45) is 0 Å². The zero-order chi connectivity index (χ0) is 15.3. The molecular weight excluding hydrogens is 276 g/mol. The molecular formula is C17H20N2OSi. The number of nitrogens with zero attached hydrogens (tertiary/aromatic N) is 2. The Bertz CT molecular complexity index is 664. The monoisotopic (exact) mass is 296 g/mol. The van der Waals surface area contributed by atoms with Crippen LogP contribution in [0.2, 0.25) is 19.6 Å². The molecule has 108 valence electrons. The van der Waals surface area contributed by atoms with E-state index in [2.05, 4.69) is 41.1 Å². The third-order valence-electron chi connectivity index (χ3n) is 2.79. The van der Waals surface area contributed by atoms with E-state index in [-0.39, 0.29) is 0 Å². The smallest absolute Gasteiger partial charge is 0.131 e. The summed E-state index contributed by atoms with van der Waals surface area (Å²) in [5, 5.41) is 0.